The summed E-state index contributed by atoms with van der Waals surface area (Å²) in [6, 6.07) is 1.43. The molecule has 1 N–H and O–H groups in total. The second-order valence-corrected chi connectivity index (χ2v) is 2.99. The Bertz CT molecular complexity index is 298. The number of carbonyl (C=O) groups is 1. The number of halogens is 1. The summed E-state index contributed by atoms with van der Waals surface area (Å²) in [6.45, 7) is 1.36. The Labute approximate surface area is 72.2 Å². The Morgan fingerprint density at radius 3 is 2.82 bits per heavy atom. The van der Waals surface area contributed by atoms with E-state index >= 15 is 0 Å². The van der Waals surface area contributed by atoms with Crippen LogP contribution in [0.3, 0.4) is 0 Å². The molecule has 4 heteroatoms. The number of nitrogens with zero attached hydrogens (tertiary/aromatic N) is 1. The molecule has 0 atom stereocenters. The fraction of sp³-hybridized carbons (Fsp3) is 0.143. The Balaban J connectivity index is 3.20. The van der Waals surface area contributed by atoms with E-state index in [9.17, 15) is 4.79 Å². The van der Waals surface area contributed by atoms with Crippen molar-refractivity contribution in [3.63, 3.8) is 0 Å². The van der Waals surface area contributed by atoms with Crippen LogP contribution in [0.2, 0.25) is 0 Å². The smallest absolute Gasteiger partial charge is 0.181 e. The van der Waals surface area contributed by atoms with Crippen LogP contribution in [0.15, 0.2) is 16.7 Å². The van der Waals surface area contributed by atoms with E-state index in [1.54, 1.807) is 0 Å². The maximum atomic E-state index is 10.7. The molecule has 1 rings (SSSR count). The Hall–Kier alpha value is -0.900. The van der Waals surface area contributed by atoms with Gasteiger partial charge in [-0.2, -0.15) is 0 Å². The highest BCUT2D eigenvalue weighted by atomic mass is 79.9. The van der Waals surface area contributed by atoms with Gasteiger partial charge in [0.05, 0.1) is 0 Å². The van der Waals surface area contributed by atoms with Gasteiger partial charge in [-0.3, -0.25) is 4.79 Å². The molecule has 0 saturated carbocycles. The van der Waals surface area contributed by atoms with Gasteiger partial charge in [0.15, 0.2) is 5.78 Å². The molecule has 1 heterocycles. The molecule has 0 radical (unpaired) electrons. The number of Topliss-reactive ketones (excluding diaryl/α,β-unsaturated/α-hetero) is 1. The van der Waals surface area contributed by atoms with E-state index < -0.39 is 0 Å². The van der Waals surface area contributed by atoms with Crippen molar-refractivity contribution < 1.29 is 9.90 Å². The third-order valence-corrected chi connectivity index (χ3v) is 1.60. The Morgan fingerprint density at radius 1 is 1.73 bits per heavy atom. The molecule has 58 valence electrons. The minimum absolute atomic E-state index is 0.0909. The number of hydrogen-bond acceptors (Lipinski definition) is 3. The van der Waals surface area contributed by atoms with Crippen LogP contribution in [0.4, 0.5) is 0 Å². The summed E-state index contributed by atoms with van der Waals surface area (Å²) < 4.78 is 0.653. The van der Waals surface area contributed by atoms with E-state index in [0.717, 1.165) is 0 Å². The zero-order valence-electron chi connectivity index (χ0n) is 5.84. The van der Waals surface area contributed by atoms with Gasteiger partial charge in [-0.25, -0.2) is 4.98 Å². The zero-order valence-corrected chi connectivity index (χ0v) is 7.42. The van der Waals surface area contributed by atoms with Gasteiger partial charge in [0.25, 0.3) is 0 Å². The third kappa shape index (κ3) is 1.77. The second-order valence-electron chi connectivity index (χ2n) is 2.08. The number of rotatable bonds is 1. The number of hydrogen-bond donors (Lipinski definition) is 1. The Morgan fingerprint density at radius 2 is 2.36 bits per heavy atom. The number of pyridine rings is 1. The van der Waals surface area contributed by atoms with Crippen LogP contribution < -0.4 is 0 Å². The van der Waals surface area contributed by atoms with Crippen molar-refractivity contribution in [2.75, 3.05) is 0 Å². The molecule has 0 bridgehead atoms. The van der Waals surface area contributed by atoms with E-state index in [0.29, 0.717) is 4.47 Å². The SMILES string of the molecule is CC(=O)c1ncc(Br)cc1O. The average molecular weight is 216 g/mol. The summed E-state index contributed by atoms with van der Waals surface area (Å²) in [5, 5.41) is 9.15. The molecule has 3 nitrogen and oxygen atoms in total. The lowest BCUT2D eigenvalue weighted by molar-refractivity contribution is 0.101. The van der Waals surface area contributed by atoms with Crippen LogP contribution in [0.1, 0.15) is 17.4 Å². The van der Waals surface area contributed by atoms with Crippen LogP contribution in [0.5, 0.6) is 5.75 Å². The zero-order chi connectivity index (χ0) is 8.43. The average Bonchev–Trinajstić information content (AvgIpc) is 1.85. The number of aromatic nitrogens is 1. The molecule has 1 aromatic heterocycles. The summed E-state index contributed by atoms with van der Waals surface area (Å²) >= 11 is 3.11. The molecule has 0 aliphatic heterocycles. The van der Waals surface area contributed by atoms with Gasteiger partial charge in [0.2, 0.25) is 0 Å². The lowest BCUT2D eigenvalue weighted by Crippen LogP contribution is -1.96. The highest BCUT2D eigenvalue weighted by Crippen LogP contribution is 2.19. The van der Waals surface area contributed by atoms with Gasteiger partial charge >= 0.3 is 0 Å². The van der Waals surface area contributed by atoms with Crippen LogP contribution in [-0.2, 0) is 0 Å². The Kier molecular flexibility index (Phi) is 2.24. The first-order valence-electron chi connectivity index (χ1n) is 2.96. The van der Waals surface area contributed by atoms with Crippen molar-refractivity contribution in [2.45, 2.75) is 6.92 Å². The molecule has 0 amide bonds. The molecule has 0 aliphatic rings. The van der Waals surface area contributed by atoms with Crippen LogP contribution in [0.25, 0.3) is 0 Å². The number of ketones is 1. The van der Waals surface area contributed by atoms with E-state index in [-0.39, 0.29) is 17.2 Å². The molecule has 1 aromatic rings. The maximum Gasteiger partial charge on any atom is 0.181 e. The summed E-state index contributed by atoms with van der Waals surface area (Å²) in [5.74, 6) is -0.332. The first kappa shape index (κ1) is 8.20. The van der Waals surface area contributed by atoms with Crippen molar-refractivity contribution in [1.82, 2.24) is 4.98 Å². The largest absolute Gasteiger partial charge is 0.506 e. The van der Waals surface area contributed by atoms with Crippen molar-refractivity contribution in [2.24, 2.45) is 0 Å². The molecule has 0 saturated heterocycles. The lowest BCUT2D eigenvalue weighted by atomic mass is 10.2. The third-order valence-electron chi connectivity index (χ3n) is 1.17. The van der Waals surface area contributed by atoms with Gasteiger partial charge in [0, 0.05) is 17.6 Å². The highest BCUT2D eigenvalue weighted by molar-refractivity contribution is 9.10. The minimum Gasteiger partial charge on any atom is -0.506 e. The first-order valence-corrected chi connectivity index (χ1v) is 3.76. The van der Waals surface area contributed by atoms with Crippen molar-refractivity contribution in [3.8, 4) is 5.75 Å². The standard InChI is InChI=1S/C7H6BrNO2/c1-4(10)7-6(11)2-5(8)3-9-7/h2-3,11H,1H3. The first-order chi connectivity index (χ1) is 5.11. The second kappa shape index (κ2) is 3.00. The maximum absolute atomic E-state index is 10.7. The van der Waals surface area contributed by atoms with Crippen LogP contribution >= 0.6 is 15.9 Å². The molecular formula is C7H6BrNO2. The van der Waals surface area contributed by atoms with Crippen LogP contribution in [0, 0.1) is 0 Å². The summed E-state index contributed by atoms with van der Waals surface area (Å²) in [4.78, 5) is 14.5. The molecule has 0 aromatic carbocycles. The molecule has 0 fully saturated rings. The van der Waals surface area contributed by atoms with Crippen molar-refractivity contribution in [1.29, 1.82) is 0 Å². The summed E-state index contributed by atoms with van der Waals surface area (Å²) in [5.41, 5.74) is 0.105. The molecule has 0 unspecified atom stereocenters. The van der Waals surface area contributed by atoms with Gasteiger partial charge in [-0.1, -0.05) is 0 Å². The number of aromatic hydroxyl groups is 1. The summed E-state index contributed by atoms with van der Waals surface area (Å²) in [7, 11) is 0. The number of carbonyl (C=O) groups excluding carboxylic acids is 1. The van der Waals surface area contributed by atoms with E-state index in [1.807, 2.05) is 0 Å². The molecular weight excluding hydrogens is 210 g/mol. The molecule has 0 spiro atoms. The summed E-state index contributed by atoms with van der Waals surface area (Å²) in [6.07, 6.45) is 1.47. The molecule has 11 heavy (non-hydrogen) atoms. The van der Waals surface area contributed by atoms with Gasteiger partial charge in [0.1, 0.15) is 11.4 Å². The van der Waals surface area contributed by atoms with Gasteiger partial charge in [-0.15, -0.1) is 0 Å². The van der Waals surface area contributed by atoms with Gasteiger partial charge < -0.3 is 5.11 Å². The fourth-order valence-electron chi connectivity index (χ4n) is 0.700. The van der Waals surface area contributed by atoms with Gasteiger partial charge in [-0.05, 0) is 22.0 Å². The monoisotopic (exact) mass is 215 g/mol. The minimum atomic E-state index is -0.241. The predicted molar refractivity (Wildman–Crippen MR) is 43.6 cm³/mol. The highest BCUT2D eigenvalue weighted by Gasteiger charge is 2.06. The van der Waals surface area contributed by atoms with Crippen molar-refractivity contribution >= 4 is 21.7 Å². The fourth-order valence-corrected chi connectivity index (χ4v) is 1.02. The lowest BCUT2D eigenvalue weighted by Gasteiger charge is -1.97. The van der Waals surface area contributed by atoms with E-state index in [1.165, 1.54) is 19.2 Å². The normalized spacial score (nSPS) is 9.64. The quantitative estimate of drug-likeness (QED) is 0.727. The topological polar surface area (TPSA) is 50.2 Å². The predicted octanol–water partition coefficient (Wildman–Crippen LogP) is 1.75. The van der Waals surface area contributed by atoms with Crippen molar-refractivity contribution in [3.05, 3.63) is 22.4 Å². The van der Waals surface area contributed by atoms with E-state index in [4.69, 9.17) is 5.11 Å². The van der Waals surface area contributed by atoms with E-state index in [2.05, 4.69) is 20.9 Å². The van der Waals surface area contributed by atoms with Crippen LogP contribution in [-0.4, -0.2) is 15.9 Å². The molecule has 0 aliphatic carbocycles.